The number of pyridine rings is 1. The summed E-state index contributed by atoms with van der Waals surface area (Å²) in [5.41, 5.74) is 5.55. The fourth-order valence-electron chi connectivity index (χ4n) is 4.04. The van der Waals surface area contributed by atoms with E-state index in [1.165, 1.54) is 11.1 Å². The zero-order chi connectivity index (χ0) is 18.2. The maximum absolute atomic E-state index is 12.5. The molecular formula is C23H19N3O. The van der Waals surface area contributed by atoms with Crippen molar-refractivity contribution in [3.8, 4) is 0 Å². The Hall–Kier alpha value is -3.40. The van der Waals surface area contributed by atoms with Gasteiger partial charge in [-0.15, -0.1) is 0 Å². The van der Waals surface area contributed by atoms with Crippen molar-refractivity contribution in [2.75, 3.05) is 5.32 Å². The quantitative estimate of drug-likeness (QED) is 0.587. The van der Waals surface area contributed by atoms with E-state index >= 15 is 0 Å². The van der Waals surface area contributed by atoms with Gasteiger partial charge < -0.3 is 9.88 Å². The van der Waals surface area contributed by atoms with Crippen molar-refractivity contribution in [1.29, 1.82) is 0 Å². The smallest absolute Gasteiger partial charge is 0.225 e. The summed E-state index contributed by atoms with van der Waals surface area (Å²) >= 11 is 0. The summed E-state index contributed by atoms with van der Waals surface area (Å²) in [7, 11) is 0. The van der Waals surface area contributed by atoms with Crippen LogP contribution in [0.3, 0.4) is 0 Å². The van der Waals surface area contributed by atoms with E-state index in [2.05, 4.69) is 57.5 Å². The minimum atomic E-state index is 0.00173. The number of nitrogens with zero attached hydrogens (tertiary/aromatic N) is 2. The number of carbonyl (C=O) groups is 1. The summed E-state index contributed by atoms with van der Waals surface area (Å²) in [4.78, 5) is 16.8. The van der Waals surface area contributed by atoms with Gasteiger partial charge >= 0.3 is 0 Å². The minimum Gasteiger partial charge on any atom is -0.343 e. The Labute approximate surface area is 157 Å². The van der Waals surface area contributed by atoms with Gasteiger partial charge in [-0.3, -0.25) is 9.78 Å². The van der Waals surface area contributed by atoms with Crippen LogP contribution < -0.4 is 5.32 Å². The fraction of sp³-hybridized carbons (Fsp3) is 0.130. The average Bonchev–Trinajstić information content (AvgIpc) is 2.99. The molecule has 0 unspecified atom stereocenters. The predicted molar refractivity (Wildman–Crippen MR) is 107 cm³/mol. The summed E-state index contributed by atoms with van der Waals surface area (Å²) in [5, 5.41) is 4.22. The van der Waals surface area contributed by atoms with Crippen LogP contribution in [0.1, 0.15) is 29.0 Å². The first-order valence-electron chi connectivity index (χ1n) is 9.15. The number of nitrogens with one attached hydrogen (secondary N) is 1. The second-order valence-corrected chi connectivity index (χ2v) is 6.99. The molecule has 0 aliphatic carbocycles. The standard InChI is InChI=1S/C23H19N3O/c27-22-12-18(17-8-5-11-24-13-17)19-15-26(14-16-6-2-1-3-7-16)21-10-4-9-20(25-22)23(19)21/h1-11,13,15,18H,12,14H2,(H,25,27)/t18-/m0/s1. The van der Waals surface area contributed by atoms with Gasteiger partial charge in [0.05, 0.1) is 11.2 Å². The van der Waals surface area contributed by atoms with Gasteiger partial charge in [0, 0.05) is 42.9 Å². The molecule has 132 valence electrons. The van der Waals surface area contributed by atoms with Gasteiger partial charge in [-0.25, -0.2) is 0 Å². The van der Waals surface area contributed by atoms with Crippen LogP contribution >= 0.6 is 0 Å². The van der Waals surface area contributed by atoms with Gasteiger partial charge in [-0.05, 0) is 34.9 Å². The van der Waals surface area contributed by atoms with Crippen LogP contribution in [0, 0.1) is 0 Å². The van der Waals surface area contributed by atoms with E-state index in [-0.39, 0.29) is 11.8 Å². The highest BCUT2D eigenvalue weighted by Gasteiger charge is 2.27. The van der Waals surface area contributed by atoms with Crippen molar-refractivity contribution in [2.45, 2.75) is 18.9 Å². The highest BCUT2D eigenvalue weighted by atomic mass is 16.1. The van der Waals surface area contributed by atoms with E-state index in [0.29, 0.717) is 6.42 Å². The molecule has 1 aliphatic heterocycles. The molecule has 2 aromatic carbocycles. The Kier molecular flexibility index (Phi) is 3.75. The third-order valence-electron chi connectivity index (χ3n) is 5.26. The number of rotatable bonds is 3. The lowest BCUT2D eigenvalue weighted by Gasteiger charge is -2.13. The SMILES string of the molecule is O=C1C[C@@H](c2cccnc2)c2cn(Cc3ccccc3)c3cccc(c23)N1. The zero-order valence-electron chi connectivity index (χ0n) is 14.8. The lowest BCUT2D eigenvalue weighted by atomic mass is 9.90. The van der Waals surface area contributed by atoms with Gasteiger partial charge in [0.25, 0.3) is 0 Å². The molecule has 5 rings (SSSR count). The third kappa shape index (κ3) is 2.79. The first-order chi connectivity index (χ1) is 13.3. The number of carbonyl (C=O) groups excluding carboxylic acids is 1. The number of amides is 1. The molecule has 4 heteroatoms. The molecule has 27 heavy (non-hydrogen) atoms. The van der Waals surface area contributed by atoms with Crippen LogP contribution in [0.2, 0.25) is 0 Å². The van der Waals surface area contributed by atoms with Crippen molar-refractivity contribution in [3.05, 3.63) is 95.9 Å². The van der Waals surface area contributed by atoms with Crippen LogP contribution in [0.5, 0.6) is 0 Å². The van der Waals surface area contributed by atoms with E-state index < -0.39 is 0 Å². The highest BCUT2D eigenvalue weighted by molar-refractivity contribution is 6.06. The second kappa shape index (κ2) is 6.40. The lowest BCUT2D eigenvalue weighted by molar-refractivity contribution is -0.116. The predicted octanol–water partition coefficient (Wildman–Crippen LogP) is 4.56. The summed E-state index contributed by atoms with van der Waals surface area (Å²) in [6, 6.07) is 20.6. The maximum Gasteiger partial charge on any atom is 0.225 e. The Bertz CT molecular complexity index is 1120. The van der Waals surface area contributed by atoms with Crippen molar-refractivity contribution in [2.24, 2.45) is 0 Å². The molecule has 1 amide bonds. The Morgan fingerprint density at radius 1 is 1.04 bits per heavy atom. The first kappa shape index (κ1) is 15.8. The lowest BCUT2D eigenvalue weighted by Crippen LogP contribution is -2.14. The van der Waals surface area contributed by atoms with Crippen molar-refractivity contribution >= 4 is 22.5 Å². The minimum absolute atomic E-state index is 0.00173. The van der Waals surface area contributed by atoms with E-state index in [4.69, 9.17) is 0 Å². The molecule has 0 saturated heterocycles. The molecule has 0 bridgehead atoms. The van der Waals surface area contributed by atoms with Gasteiger partial charge in [-0.1, -0.05) is 42.5 Å². The molecule has 0 saturated carbocycles. The zero-order valence-corrected chi connectivity index (χ0v) is 14.8. The van der Waals surface area contributed by atoms with Crippen molar-refractivity contribution in [3.63, 3.8) is 0 Å². The number of anilines is 1. The summed E-state index contributed by atoms with van der Waals surface area (Å²) in [6.45, 7) is 0.800. The fourth-order valence-corrected chi connectivity index (χ4v) is 4.04. The van der Waals surface area contributed by atoms with Crippen LogP contribution in [0.25, 0.3) is 10.9 Å². The van der Waals surface area contributed by atoms with Crippen molar-refractivity contribution < 1.29 is 4.79 Å². The van der Waals surface area contributed by atoms with Crippen molar-refractivity contribution in [1.82, 2.24) is 9.55 Å². The summed E-state index contributed by atoms with van der Waals surface area (Å²) in [5.74, 6) is 0.0454. The van der Waals surface area contributed by atoms with Crippen LogP contribution in [0.4, 0.5) is 5.69 Å². The largest absolute Gasteiger partial charge is 0.343 e. The van der Waals surface area contributed by atoms with Crippen LogP contribution in [-0.4, -0.2) is 15.5 Å². The molecule has 1 atom stereocenters. The molecule has 4 nitrogen and oxygen atoms in total. The molecule has 0 spiro atoms. The van der Waals surface area contributed by atoms with Gasteiger partial charge in [0.15, 0.2) is 0 Å². The Balaban J connectivity index is 1.71. The first-order valence-corrected chi connectivity index (χ1v) is 9.15. The second-order valence-electron chi connectivity index (χ2n) is 6.99. The number of benzene rings is 2. The Morgan fingerprint density at radius 3 is 2.74 bits per heavy atom. The molecule has 1 N–H and O–H groups in total. The third-order valence-corrected chi connectivity index (χ3v) is 5.26. The van der Waals surface area contributed by atoms with Gasteiger partial charge in [0.2, 0.25) is 5.91 Å². The van der Waals surface area contributed by atoms with Gasteiger partial charge in [0.1, 0.15) is 0 Å². The van der Waals surface area contributed by atoms with Gasteiger partial charge in [-0.2, -0.15) is 0 Å². The van der Waals surface area contributed by atoms with E-state index in [9.17, 15) is 4.79 Å². The maximum atomic E-state index is 12.5. The Morgan fingerprint density at radius 2 is 1.93 bits per heavy atom. The molecule has 4 aromatic rings. The van der Waals surface area contributed by atoms with E-state index in [0.717, 1.165) is 28.7 Å². The molecule has 2 aromatic heterocycles. The van der Waals surface area contributed by atoms with Crippen LogP contribution in [0.15, 0.2) is 79.3 Å². The molecule has 1 aliphatic rings. The molecular weight excluding hydrogens is 334 g/mol. The van der Waals surface area contributed by atoms with E-state index in [1.807, 2.05) is 30.5 Å². The number of aromatic nitrogens is 2. The number of hydrogen-bond donors (Lipinski definition) is 1. The van der Waals surface area contributed by atoms with Crippen LogP contribution in [-0.2, 0) is 11.3 Å². The highest BCUT2D eigenvalue weighted by Crippen LogP contribution is 2.40. The normalized spacial score (nSPS) is 16.1. The average molecular weight is 353 g/mol. The summed E-state index contributed by atoms with van der Waals surface area (Å²) in [6.07, 6.45) is 6.26. The molecule has 0 radical (unpaired) electrons. The monoisotopic (exact) mass is 353 g/mol. The summed E-state index contributed by atoms with van der Waals surface area (Å²) < 4.78 is 2.28. The molecule has 0 fully saturated rings. The topological polar surface area (TPSA) is 46.9 Å². The van der Waals surface area contributed by atoms with E-state index in [1.54, 1.807) is 6.20 Å². The number of hydrogen-bond acceptors (Lipinski definition) is 2. The molecule has 3 heterocycles.